The number of hydrogen-bond acceptors (Lipinski definition) is 6. The van der Waals surface area contributed by atoms with E-state index in [9.17, 15) is 24.5 Å². The van der Waals surface area contributed by atoms with Crippen LogP contribution < -0.4 is 9.64 Å². The van der Waals surface area contributed by atoms with Crippen LogP contribution in [0.25, 0.3) is 0 Å². The van der Waals surface area contributed by atoms with Crippen LogP contribution in [0.2, 0.25) is 0 Å². The van der Waals surface area contributed by atoms with Crippen molar-refractivity contribution in [2.75, 3.05) is 31.1 Å². The van der Waals surface area contributed by atoms with E-state index in [-0.39, 0.29) is 30.4 Å². The number of ether oxygens (including phenoxy) is 1. The summed E-state index contributed by atoms with van der Waals surface area (Å²) in [5, 5.41) is 20.0. The molecule has 0 atom stereocenters. The second-order valence-corrected chi connectivity index (χ2v) is 6.17. The largest absolute Gasteiger partial charge is 0.482 e. The van der Waals surface area contributed by atoms with Gasteiger partial charge in [0.1, 0.15) is 12.3 Å². The third kappa shape index (κ3) is 3.44. The predicted molar refractivity (Wildman–Crippen MR) is 87.9 cm³/mol. The van der Waals surface area contributed by atoms with E-state index in [1.807, 2.05) is 0 Å². The van der Waals surface area contributed by atoms with Crippen LogP contribution in [-0.4, -0.2) is 59.0 Å². The summed E-state index contributed by atoms with van der Waals surface area (Å²) < 4.78 is 5.26. The Morgan fingerprint density at radius 2 is 2.00 bits per heavy atom. The minimum Gasteiger partial charge on any atom is -0.482 e. The Balaban J connectivity index is 1.74. The van der Waals surface area contributed by atoms with Crippen LogP contribution in [0.3, 0.4) is 0 Å². The minimum absolute atomic E-state index is 0.184. The molecule has 0 saturated carbocycles. The Morgan fingerprint density at radius 1 is 1.31 bits per heavy atom. The van der Waals surface area contributed by atoms with Crippen LogP contribution in [0.15, 0.2) is 18.2 Å². The molecule has 0 aliphatic carbocycles. The van der Waals surface area contributed by atoms with Gasteiger partial charge in [-0.1, -0.05) is 0 Å². The second-order valence-electron chi connectivity index (χ2n) is 6.17. The monoisotopic (exact) mass is 363 g/mol. The number of non-ortho nitro benzene ring substituents is 1. The molecule has 1 saturated heterocycles. The maximum atomic E-state index is 12.5. The van der Waals surface area contributed by atoms with Crippen molar-refractivity contribution < 1.29 is 29.2 Å². The van der Waals surface area contributed by atoms with Gasteiger partial charge < -0.3 is 14.7 Å². The molecule has 1 aromatic carbocycles. The van der Waals surface area contributed by atoms with Gasteiger partial charge in [-0.25, -0.2) is 0 Å². The molecular weight excluding hydrogens is 346 g/mol. The Labute approximate surface area is 148 Å². The number of fused-ring (bicyclic) bond motifs is 1. The zero-order valence-electron chi connectivity index (χ0n) is 13.8. The molecule has 2 aliphatic heterocycles. The van der Waals surface area contributed by atoms with Gasteiger partial charge in [0.15, 0.2) is 6.61 Å². The molecule has 1 fully saturated rings. The molecule has 0 bridgehead atoms. The predicted octanol–water partition coefficient (Wildman–Crippen LogP) is 0.643. The molecule has 26 heavy (non-hydrogen) atoms. The first-order valence-electron chi connectivity index (χ1n) is 8.09. The summed E-state index contributed by atoms with van der Waals surface area (Å²) in [6, 6.07) is 3.87. The van der Waals surface area contributed by atoms with Gasteiger partial charge in [-0.2, -0.15) is 0 Å². The van der Waals surface area contributed by atoms with Crippen LogP contribution >= 0.6 is 0 Å². The maximum absolute atomic E-state index is 12.5. The Hall–Kier alpha value is -3.17. The second kappa shape index (κ2) is 6.98. The highest BCUT2D eigenvalue weighted by molar-refractivity contribution is 6.02. The van der Waals surface area contributed by atoms with Crippen molar-refractivity contribution in [1.29, 1.82) is 0 Å². The molecule has 0 spiro atoms. The average Bonchev–Trinajstić information content (AvgIpc) is 2.63. The molecule has 10 heteroatoms. The van der Waals surface area contributed by atoms with Crippen LogP contribution in [0.1, 0.15) is 12.8 Å². The number of nitro groups is 1. The summed E-state index contributed by atoms with van der Waals surface area (Å²) in [5.41, 5.74) is -0.0222. The molecule has 1 aromatic rings. The fourth-order valence-electron chi connectivity index (χ4n) is 3.09. The summed E-state index contributed by atoms with van der Waals surface area (Å²) in [7, 11) is 0. The fraction of sp³-hybridized carbons (Fsp3) is 0.438. The molecule has 2 heterocycles. The van der Waals surface area contributed by atoms with Gasteiger partial charge in [0.25, 0.3) is 11.6 Å². The smallest absolute Gasteiger partial charge is 0.306 e. The zero-order chi connectivity index (χ0) is 18.8. The van der Waals surface area contributed by atoms with E-state index >= 15 is 0 Å². The van der Waals surface area contributed by atoms with E-state index in [0.29, 0.717) is 31.7 Å². The number of benzene rings is 1. The summed E-state index contributed by atoms with van der Waals surface area (Å²) in [6.07, 6.45) is 0.723. The van der Waals surface area contributed by atoms with Crippen molar-refractivity contribution in [3.63, 3.8) is 0 Å². The van der Waals surface area contributed by atoms with Crippen LogP contribution in [0, 0.1) is 16.0 Å². The lowest BCUT2D eigenvalue weighted by Gasteiger charge is -2.33. The molecule has 2 amide bonds. The number of piperidine rings is 1. The van der Waals surface area contributed by atoms with Crippen LogP contribution in [-0.2, 0) is 14.4 Å². The molecule has 0 aromatic heterocycles. The van der Waals surface area contributed by atoms with E-state index in [0.717, 1.165) is 0 Å². The average molecular weight is 363 g/mol. The number of carboxylic acid groups (broad SMARTS) is 1. The van der Waals surface area contributed by atoms with Crippen molar-refractivity contribution in [3.8, 4) is 5.75 Å². The molecule has 1 N–H and O–H groups in total. The Kier molecular flexibility index (Phi) is 4.74. The summed E-state index contributed by atoms with van der Waals surface area (Å²) >= 11 is 0. The third-order valence-electron chi connectivity index (χ3n) is 4.59. The number of carbonyl (C=O) groups excluding carboxylic acids is 2. The minimum atomic E-state index is -0.873. The number of nitro benzene ring substituents is 1. The van der Waals surface area contributed by atoms with Crippen molar-refractivity contribution in [2.24, 2.45) is 5.92 Å². The first-order chi connectivity index (χ1) is 12.4. The van der Waals surface area contributed by atoms with Crippen molar-refractivity contribution in [3.05, 3.63) is 28.3 Å². The highest BCUT2D eigenvalue weighted by Gasteiger charge is 2.32. The van der Waals surface area contributed by atoms with Crippen LogP contribution in [0.4, 0.5) is 11.4 Å². The topological polar surface area (TPSA) is 130 Å². The van der Waals surface area contributed by atoms with Crippen molar-refractivity contribution >= 4 is 29.2 Å². The van der Waals surface area contributed by atoms with Crippen molar-refractivity contribution in [1.82, 2.24) is 4.90 Å². The van der Waals surface area contributed by atoms with E-state index in [2.05, 4.69) is 0 Å². The SMILES string of the molecule is O=C(O)C1CCN(C(=O)CN2C(=O)COc3ccc([N+](=O)[O-])cc32)CC1. The number of carboxylic acids is 1. The first-order valence-corrected chi connectivity index (χ1v) is 8.09. The number of carbonyl (C=O) groups is 3. The Morgan fingerprint density at radius 3 is 2.62 bits per heavy atom. The van der Waals surface area contributed by atoms with Gasteiger partial charge >= 0.3 is 5.97 Å². The lowest BCUT2D eigenvalue weighted by molar-refractivity contribution is -0.384. The van der Waals surface area contributed by atoms with Gasteiger partial charge in [0.05, 0.1) is 16.5 Å². The number of rotatable bonds is 4. The van der Waals surface area contributed by atoms with Crippen LogP contribution in [0.5, 0.6) is 5.75 Å². The standard InChI is InChI=1S/C16H17N3O7/c20-14(17-5-3-10(4-6-17)16(22)23)8-18-12-7-11(19(24)25)1-2-13(12)26-9-15(18)21/h1-2,7,10H,3-6,8-9H2,(H,22,23). The summed E-state index contributed by atoms with van der Waals surface area (Å²) in [5.74, 6) is -1.84. The third-order valence-corrected chi connectivity index (χ3v) is 4.59. The van der Waals surface area contributed by atoms with E-state index < -0.39 is 22.7 Å². The van der Waals surface area contributed by atoms with Gasteiger partial charge in [-0.05, 0) is 18.9 Å². The van der Waals surface area contributed by atoms with E-state index in [1.165, 1.54) is 28.0 Å². The maximum Gasteiger partial charge on any atom is 0.306 e. The molecule has 10 nitrogen and oxygen atoms in total. The van der Waals surface area contributed by atoms with Gasteiger partial charge in [-0.15, -0.1) is 0 Å². The highest BCUT2D eigenvalue weighted by Crippen LogP contribution is 2.35. The van der Waals surface area contributed by atoms with E-state index in [4.69, 9.17) is 9.84 Å². The van der Waals surface area contributed by atoms with Gasteiger partial charge in [-0.3, -0.25) is 29.4 Å². The number of hydrogen-bond donors (Lipinski definition) is 1. The Bertz CT molecular complexity index is 771. The number of anilines is 1. The molecule has 2 aliphatic rings. The number of likely N-dealkylation sites (tertiary alicyclic amines) is 1. The zero-order valence-corrected chi connectivity index (χ0v) is 13.8. The molecule has 0 radical (unpaired) electrons. The number of amides is 2. The summed E-state index contributed by atoms with van der Waals surface area (Å²) in [4.78, 5) is 48.8. The lowest BCUT2D eigenvalue weighted by Crippen LogP contribution is -2.48. The molecular formula is C16H17N3O7. The van der Waals surface area contributed by atoms with Gasteiger partial charge in [0, 0.05) is 25.2 Å². The molecule has 3 rings (SSSR count). The molecule has 0 unspecified atom stereocenters. The van der Waals surface area contributed by atoms with Gasteiger partial charge in [0.2, 0.25) is 5.91 Å². The number of aliphatic carboxylic acids is 1. The summed E-state index contributed by atoms with van der Waals surface area (Å²) in [6.45, 7) is 0.0829. The highest BCUT2D eigenvalue weighted by atomic mass is 16.6. The molecule has 138 valence electrons. The number of nitrogens with zero attached hydrogens (tertiary/aromatic N) is 3. The van der Waals surface area contributed by atoms with Crippen molar-refractivity contribution in [2.45, 2.75) is 12.8 Å². The lowest BCUT2D eigenvalue weighted by atomic mass is 9.97. The normalized spacial score (nSPS) is 17.5. The van der Waals surface area contributed by atoms with E-state index in [1.54, 1.807) is 0 Å². The fourth-order valence-corrected chi connectivity index (χ4v) is 3.09. The quantitative estimate of drug-likeness (QED) is 0.613. The first kappa shape index (κ1) is 17.6.